The summed E-state index contributed by atoms with van der Waals surface area (Å²) in [4.78, 5) is 134. The van der Waals surface area contributed by atoms with Gasteiger partial charge in [-0.25, -0.2) is 47.9 Å². The molecular weight excluding hydrogens is 969 g/mol. The van der Waals surface area contributed by atoms with Gasteiger partial charge in [-0.05, 0) is 67.0 Å². The fourth-order valence-corrected chi connectivity index (χ4v) is 4.07. The molecule has 0 aromatic heterocycles. The van der Waals surface area contributed by atoms with Crippen molar-refractivity contribution in [1.29, 1.82) is 0 Å². The van der Waals surface area contributed by atoms with Crippen molar-refractivity contribution < 1.29 is 110 Å². The van der Waals surface area contributed by atoms with Gasteiger partial charge in [0.15, 0.2) is 0 Å². The molecule has 0 fully saturated rings. The van der Waals surface area contributed by atoms with Crippen molar-refractivity contribution in [2.75, 3.05) is 71.1 Å². The third-order valence-corrected chi connectivity index (χ3v) is 7.30. The van der Waals surface area contributed by atoms with Gasteiger partial charge < -0.3 is 52.2 Å². The first-order chi connectivity index (χ1) is 34.6. The average molecular weight is 1030 g/mol. The van der Waals surface area contributed by atoms with E-state index in [-0.39, 0.29) is 22.8 Å². The monoisotopic (exact) mass is 1030 g/mol. The van der Waals surface area contributed by atoms with Crippen molar-refractivity contribution in [1.82, 2.24) is 0 Å². The van der Waals surface area contributed by atoms with Gasteiger partial charge in [0.2, 0.25) is 0 Å². The van der Waals surface area contributed by atoms with E-state index in [1.807, 2.05) is 13.8 Å². The van der Waals surface area contributed by atoms with Crippen LogP contribution in [0.15, 0.2) is 113 Å². The molecule has 23 nitrogen and oxygen atoms in total. The lowest BCUT2D eigenvalue weighted by atomic mass is 10.0. The summed E-state index contributed by atoms with van der Waals surface area (Å²) in [5, 5.41) is 0. The Morgan fingerprint density at radius 2 is 0.959 bits per heavy atom. The molecule has 0 N–H and O–H groups in total. The smallest absolute Gasteiger partial charge is 0.383 e. The lowest BCUT2D eigenvalue weighted by Gasteiger charge is -2.07. The van der Waals surface area contributed by atoms with E-state index in [1.165, 1.54) is 133 Å². The van der Waals surface area contributed by atoms with Gasteiger partial charge in [-0.1, -0.05) is 38.2 Å². The van der Waals surface area contributed by atoms with E-state index in [0.717, 1.165) is 11.9 Å². The molecule has 0 atom stereocenters. The third kappa shape index (κ3) is 33.6. The lowest BCUT2D eigenvalue weighted by molar-refractivity contribution is -0.192. The van der Waals surface area contributed by atoms with Crippen LogP contribution >= 0.6 is 0 Å². The molecule has 0 saturated heterocycles. The van der Waals surface area contributed by atoms with Crippen molar-refractivity contribution >= 4 is 72.1 Å². The zero-order valence-electron chi connectivity index (χ0n) is 42.6. The molecule has 3 rings (SSSR count). The van der Waals surface area contributed by atoms with Gasteiger partial charge in [0.05, 0.1) is 98.9 Å². The Kier molecular flexibility index (Phi) is 45.8. The van der Waals surface area contributed by atoms with Gasteiger partial charge in [0.25, 0.3) is 0 Å². The van der Waals surface area contributed by atoms with Crippen LogP contribution < -0.4 is 0 Å². The van der Waals surface area contributed by atoms with Crippen molar-refractivity contribution in [2.45, 2.75) is 27.7 Å². The van der Waals surface area contributed by atoms with E-state index in [2.05, 4.69) is 53.8 Å². The van der Waals surface area contributed by atoms with Gasteiger partial charge in [0, 0.05) is 30.2 Å². The van der Waals surface area contributed by atoms with Gasteiger partial charge in [-0.2, -0.15) is 9.59 Å². The minimum Gasteiger partial charge on any atom is -0.466 e. The maximum Gasteiger partial charge on any atom is 0.383 e. The first-order valence-electron chi connectivity index (χ1n) is 20.0. The highest BCUT2D eigenvalue weighted by molar-refractivity contribution is 6.05. The van der Waals surface area contributed by atoms with E-state index in [0.29, 0.717) is 22.3 Å². The molecule has 0 unspecified atom stereocenters. The van der Waals surface area contributed by atoms with Gasteiger partial charge in [-0.3, -0.25) is 0 Å². The molecular formula is C50H58O23. The van der Waals surface area contributed by atoms with E-state index >= 15 is 0 Å². The molecule has 0 spiro atoms. The van der Waals surface area contributed by atoms with Crippen LogP contribution in [0.2, 0.25) is 0 Å². The molecule has 0 radical (unpaired) electrons. The second-order valence-electron chi connectivity index (χ2n) is 11.5. The maximum absolute atomic E-state index is 11.5. The number of allylic oxidation sites excluding steroid dienone is 8. The Morgan fingerprint density at radius 1 is 0.534 bits per heavy atom. The van der Waals surface area contributed by atoms with Crippen LogP contribution in [-0.2, 0) is 95.3 Å². The molecule has 396 valence electrons. The number of carbonyl (C=O) groups excluding carboxylic acids is 13. The largest absolute Gasteiger partial charge is 0.466 e. The fourth-order valence-electron chi connectivity index (χ4n) is 4.07. The number of terminal acetylenes is 1. The van der Waals surface area contributed by atoms with Crippen molar-refractivity contribution in [3.63, 3.8) is 0 Å². The Labute approximate surface area is 421 Å². The summed E-state index contributed by atoms with van der Waals surface area (Å²) in [6.45, 7) is 7.25. The van der Waals surface area contributed by atoms with Gasteiger partial charge in [0.1, 0.15) is 6.29 Å². The van der Waals surface area contributed by atoms with E-state index in [9.17, 15) is 47.9 Å². The molecule has 0 aliphatic heterocycles. The van der Waals surface area contributed by atoms with Crippen LogP contribution in [-0.4, -0.2) is 143 Å². The van der Waals surface area contributed by atoms with E-state index in [4.69, 9.17) is 14.4 Å². The molecule has 0 amide bonds. The Balaban J connectivity index is -0.000000261. The predicted molar refractivity (Wildman–Crippen MR) is 255 cm³/mol. The molecule has 1 aromatic carbocycles. The Hall–Kier alpha value is -9.55. The SMILES string of the molecule is C#CC(=O)OC.CC.CC=O.COC(=O)/C=C/C=C/C(=O)OC.COC(=O)/C=C1/C(C)=CC=C1C(=O)OC.COC(=O)C=C1C=CC(C(=O)OC)=C1.COC(=O)c1ccc(C(=O)OC)c(C(=O)OC)c1.O=C=O. The standard InChI is InChI=1S/C12H12O6.C11H12O4.C10H10O4.C8H10O4.C4H4O2.C2H4O.C2H6.CO2/c1-16-10(13)7-4-5-8(11(14)17-2)9(6-7)12(15)18-3;1-7-4-5-8(11(13)15-3)9(7)6-10(12)14-2;1-13-9(11)6-7-3-4-8(5-7)10(12)14-2;1-11-7(9)5-3-4-6-8(10)12-2;1-3-4(5)6-2;1-2-3;1-2;2-1-3/h4-6H,1-3H3;4-6H,1-3H3;3-6H,1-2H3;3-6H,1-2H3;1H,2H3;2H,1H3;1-2H3;/b;9-6-;;5-3+,6-4+;;;;. The number of aldehydes is 1. The van der Waals surface area contributed by atoms with Crippen LogP contribution in [0.5, 0.6) is 0 Å². The summed E-state index contributed by atoms with van der Waals surface area (Å²) in [7, 11) is 12.6. The van der Waals surface area contributed by atoms with Gasteiger partial charge in [-0.15, -0.1) is 6.42 Å². The molecule has 0 saturated carbocycles. The van der Waals surface area contributed by atoms with Crippen molar-refractivity contribution in [2.24, 2.45) is 0 Å². The number of benzene rings is 1. The third-order valence-electron chi connectivity index (χ3n) is 7.30. The fraction of sp³-hybridized carbons (Fsp3) is 0.280. The number of carbonyl (C=O) groups is 11. The summed E-state index contributed by atoms with van der Waals surface area (Å²) in [5.41, 5.74) is 2.92. The van der Waals surface area contributed by atoms with Crippen molar-refractivity contribution in [3.8, 4) is 12.3 Å². The number of hydrogen-bond acceptors (Lipinski definition) is 23. The zero-order valence-corrected chi connectivity index (χ0v) is 42.6. The summed E-state index contributed by atoms with van der Waals surface area (Å²) >= 11 is 0. The van der Waals surface area contributed by atoms with Crippen LogP contribution in [0.1, 0.15) is 58.8 Å². The molecule has 2 aliphatic carbocycles. The number of ether oxygens (including phenoxy) is 10. The van der Waals surface area contributed by atoms with Crippen LogP contribution in [0.3, 0.4) is 0 Å². The zero-order chi connectivity index (χ0) is 57.5. The summed E-state index contributed by atoms with van der Waals surface area (Å²) in [6, 6.07) is 3.90. The Morgan fingerprint density at radius 3 is 1.34 bits per heavy atom. The second-order valence-corrected chi connectivity index (χ2v) is 11.5. The first kappa shape index (κ1) is 72.4. The molecule has 23 heteroatoms. The molecule has 0 bridgehead atoms. The van der Waals surface area contributed by atoms with Crippen molar-refractivity contribution in [3.05, 3.63) is 130 Å². The highest BCUT2D eigenvalue weighted by Gasteiger charge is 2.22. The minimum absolute atomic E-state index is 0.0250. The second kappa shape index (κ2) is 46.2. The molecule has 73 heavy (non-hydrogen) atoms. The molecule has 0 heterocycles. The first-order valence-corrected chi connectivity index (χ1v) is 20.0. The minimum atomic E-state index is -0.735. The quantitative estimate of drug-likeness (QED) is 0.0611. The van der Waals surface area contributed by atoms with E-state index < -0.39 is 59.7 Å². The predicted octanol–water partition coefficient (Wildman–Crippen LogP) is 3.83. The van der Waals surface area contributed by atoms with Gasteiger partial charge >= 0.3 is 65.8 Å². The number of esters is 10. The summed E-state index contributed by atoms with van der Waals surface area (Å²) in [5.74, 6) is -3.67. The topological polar surface area (TPSA) is 314 Å². The average Bonchev–Trinajstić information content (AvgIpc) is 4.04. The highest BCUT2D eigenvalue weighted by Crippen LogP contribution is 2.26. The Bertz CT molecular complexity index is 2350. The summed E-state index contributed by atoms with van der Waals surface area (Å²) < 4.78 is 44.3. The summed E-state index contributed by atoms with van der Waals surface area (Å²) in [6.07, 6.45) is 21.5. The highest BCUT2D eigenvalue weighted by atomic mass is 16.6. The molecule has 2 aliphatic rings. The lowest BCUT2D eigenvalue weighted by Crippen LogP contribution is -2.13. The normalized spacial score (nSPS) is 11.7. The number of rotatable bonds is 10. The van der Waals surface area contributed by atoms with E-state index in [1.54, 1.807) is 43.2 Å². The number of hydrogen-bond donors (Lipinski definition) is 0. The molecule has 1 aromatic rings. The number of methoxy groups -OCH3 is 10. The van der Waals surface area contributed by atoms with Crippen LogP contribution in [0, 0.1) is 12.3 Å². The van der Waals surface area contributed by atoms with Crippen LogP contribution in [0.25, 0.3) is 0 Å². The maximum atomic E-state index is 11.5. The van der Waals surface area contributed by atoms with Crippen LogP contribution in [0.4, 0.5) is 0 Å².